The maximum Gasteiger partial charge on any atom is 0.163 e. The van der Waals surface area contributed by atoms with Crippen LogP contribution in [0.15, 0.2) is 54.6 Å². The van der Waals surface area contributed by atoms with E-state index in [9.17, 15) is 4.39 Å². The molecule has 0 bridgehead atoms. The summed E-state index contributed by atoms with van der Waals surface area (Å²) in [5, 5.41) is 3.96. The highest BCUT2D eigenvalue weighted by Crippen LogP contribution is 2.35. The van der Waals surface area contributed by atoms with Gasteiger partial charge in [0.15, 0.2) is 11.5 Å². The third-order valence-electron chi connectivity index (χ3n) is 4.74. The van der Waals surface area contributed by atoms with Crippen molar-refractivity contribution in [3.63, 3.8) is 0 Å². The van der Waals surface area contributed by atoms with Crippen LogP contribution < -0.4 is 14.8 Å². The lowest BCUT2D eigenvalue weighted by molar-refractivity contribution is 0.265. The average Bonchev–Trinajstić information content (AvgIpc) is 2.70. The molecule has 3 aromatic carbocycles. The fourth-order valence-electron chi connectivity index (χ4n) is 2.91. The van der Waals surface area contributed by atoms with Crippen molar-refractivity contribution in [2.24, 2.45) is 0 Å². The highest BCUT2D eigenvalue weighted by atomic mass is 35.5. The van der Waals surface area contributed by atoms with Crippen LogP contribution in [-0.4, -0.2) is 6.61 Å². The number of ether oxygens (including phenoxy) is 2. The van der Waals surface area contributed by atoms with E-state index in [0.717, 1.165) is 11.3 Å². The minimum atomic E-state index is -0.300. The van der Waals surface area contributed by atoms with E-state index in [2.05, 4.69) is 31.3 Å². The lowest BCUT2D eigenvalue weighted by atomic mass is 10.1. The molecule has 0 aliphatic rings. The second kappa shape index (κ2) is 9.66. The lowest BCUT2D eigenvalue weighted by Gasteiger charge is -2.16. The standard InChI is InChI=1S/C24H25ClFNO2/c1-4-28-23-12-19(14-27-20-10-9-16(2)17(3)11-20)21(25)13-24(23)29-15-18-7-5-6-8-22(18)26/h5-13,27H,4,14-15H2,1-3H3. The lowest BCUT2D eigenvalue weighted by Crippen LogP contribution is -2.05. The Morgan fingerprint density at radius 3 is 2.38 bits per heavy atom. The van der Waals surface area contributed by atoms with Gasteiger partial charge in [0.25, 0.3) is 0 Å². The van der Waals surface area contributed by atoms with Gasteiger partial charge >= 0.3 is 0 Å². The van der Waals surface area contributed by atoms with Crippen LogP contribution in [0.5, 0.6) is 11.5 Å². The zero-order chi connectivity index (χ0) is 20.8. The summed E-state index contributed by atoms with van der Waals surface area (Å²) < 4.78 is 25.4. The maximum atomic E-state index is 13.9. The van der Waals surface area contributed by atoms with Gasteiger partial charge in [-0.25, -0.2) is 4.39 Å². The number of hydrogen-bond acceptors (Lipinski definition) is 3. The Balaban J connectivity index is 1.76. The first-order valence-corrected chi connectivity index (χ1v) is 9.98. The summed E-state index contributed by atoms with van der Waals surface area (Å²) in [5.74, 6) is 0.783. The number of anilines is 1. The van der Waals surface area contributed by atoms with Crippen molar-refractivity contribution in [2.75, 3.05) is 11.9 Å². The van der Waals surface area contributed by atoms with Crippen LogP contribution in [0.1, 0.15) is 29.2 Å². The third kappa shape index (κ3) is 5.42. The Hall–Kier alpha value is -2.72. The average molecular weight is 414 g/mol. The number of rotatable bonds is 8. The monoisotopic (exact) mass is 413 g/mol. The minimum absolute atomic E-state index is 0.101. The zero-order valence-corrected chi connectivity index (χ0v) is 17.6. The van der Waals surface area contributed by atoms with Gasteiger partial charge in [0.1, 0.15) is 12.4 Å². The normalized spacial score (nSPS) is 10.7. The van der Waals surface area contributed by atoms with Crippen molar-refractivity contribution in [3.05, 3.63) is 87.7 Å². The highest BCUT2D eigenvalue weighted by molar-refractivity contribution is 6.31. The van der Waals surface area contributed by atoms with Crippen LogP contribution in [0.3, 0.4) is 0 Å². The zero-order valence-electron chi connectivity index (χ0n) is 16.9. The summed E-state index contributed by atoms with van der Waals surface area (Å²) in [6.45, 7) is 7.22. The molecule has 3 aromatic rings. The topological polar surface area (TPSA) is 30.5 Å². The molecular formula is C24H25ClFNO2. The second-order valence-electron chi connectivity index (χ2n) is 6.86. The van der Waals surface area contributed by atoms with Crippen LogP contribution in [0.25, 0.3) is 0 Å². The van der Waals surface area contributed by atoms with Gasteiger partial charge in [-0.15, -0.1) is 0 Å². The molecule has 0 aliphatic heterocycles. The molecule has 5 heteroatoms. The fraction of sp³-hybridized carbons (Fsp3) is 0.250. The van der Waals surface area contributed by atoms with Crippen molar-refractivity contribution in [1.29, 1.82) is 0 Å². The van der Waals surface area contributed by atoms with Crippen LogP contribution in [0.4, 0.5) is 10.1 Å². The van der Waals surface area contributed by atoms with Gasteiger partial charge in [-0.2, -0.15) is 0 Å². The number of halogens is 2. The molecule has 0 spiro atoms. The van der Waals surface area contributed by atoms with Crippen LogP contribution >= 0.6 is 11.6 Å². The van der Waals surface area contributed by atoms with Crippen LogP contribution in [0, 0.1) is 19.7 Å². The molecule has 1 N–H and O–H groups in total. The molecular weight excluding hydrogens is 389 g/mol. The van der Waals surface area contributed by atoms with E-state index in [1.807, 2.05) is 19.1 Å². The number of hydrogen-bond donors (Lipinski definition) is 1. The number of aryl methyl sites for hydroxylation is 2. The third-order valence-corrected chi connectivity index (χ3v) is 5.10. The molecule has 0 fully saturated rings. The molecule has 0 amide bonds. The largest absolute Gasteiger partial charge is 0.490 e. The first-order chi connectivity index (χ1) is 14.0. The van der Waals surface area contributed by atoms with E-state index in [4.69, 9.17) is 21.1 Å². The van der Waals surface area contributed by atoms with Gasteiger partial charge in [0.05, 0.1) is 6.61 Å². The molecule has 29 heavy (non-hydrogen) atoms. The van der Waals surface area contributed by atoms with Gasteiger partial charge in [0.2, 0.25) is 0 Å². The number of nitrogens with one attached hydrogen (secondary N) is 1. The number of benzene rings is 3. The van der Waals surface area contributed by atoms with Crippen molar-refractivity contribution >= 4 is 17.3 Å². The van der Waals surface area contributed by atoms with Gasteiger partial charge in [0, 0.05) is 28.9 Å². The smallest absolute Gasteiger partial charge is 0.163 e. The van der Waals surface area contributed by atoms with Crippen molar-refractivity contribution < 1.29 is 13.9 Å². The van der Waals surface area contributed by atoms with Gasteiger partial charge in [-0.1, -0.05) is 35.9 Å². The van der Waals surface area contributed by atoms with Gasteiger partial charge < -0.3 is 14.8 Å². The van der Waals surface area contributed by atoms with E-state index >= 15 is 0 Å². The molecule has 0 aromatic heterocycles. The first kappa shape index (κ1) is 21.0. The van der Waals surface area contributed by atoms with Crippen molar-refractivity contribution in [2.45, 2.75) is 33.9 Å². The Bertz CT molecular complexity index is 991. The Labute approximate surface area is 176 Å². The predicted octanol–water partition coefficient (Wildman–Crippen LogP) is 6.69. The quantitative estimate of drug-likeness (QED) is 0.446. The molecule has 0 atom stereocenters. The first-order valence-electron chi connectivity index (χ1n) is 9.60. The SMILES string of the molecule is CCOc1cc(CNc2ccc(C)c(C)c2)c(Cl)cc1OCc1ccccc1F. The Morgan fingerprint density at radius 2 is 1.66 bits per heavy atom. The predicted molar refractivity (Wildman–Crippen MR) is 117 cm³/mol. The summed E-state index contributed by atoms with van der Waals surface area (Å²) in [7, 11) is 0. The minimum Gasteiger partial charge on any atom is -0.490 e. The van der Waals surface area contributed by atoms with E-state index in [0.29, 0.717) is 35.2 Å². The molecule has 0 unspecified atom stereocenters. The Kier molecular flexibility index (Phi) is 6.99. The summed E-state index contributed by atoms with van der Waals surface area (Å²) in [5.41, 5.74) is 4.89. The van der Waals surface area contributed by atoms with Crippen molar-refractivity contribution in [1.82, 2.24) is 0 Å². The second-order valence-corrected chi connectivity index (χ2v) is 7.26. The summed E-state index contributed by atoms with van der Waals surface area (Å²) in [4.78, 5) is 0. The van der Waals surface area contributed by atoms with Crippen LogP contribution in [0.2, 0.25) is 5.02 Å². The molecule has 0 radical (unpaired) electrons. The molecule has 3 nitrogen and oxygen atoms in total. The Morgan fingerprint density at radius 1 is 0.897 bits per heavy atom. The van der Waals surface area contributed by atoms with E-state index < -0.39 is 0 Å². The molecule has 152 valence electrons. The van der Waals surface area contributed by atoms with Gasteiger partial charge in [-0.05, 0) is 61.7 Å². The van der Waals surface area contributed by atoms with Crippen molar-refractivity contribution in [3.8, 4) is 11.5 Å². The molecule has 0 saturated heterocycles. The van der Waals surface area contributed by atoms with E-state index in [1.54, 1.807) is 24.3 Å². The molecule has 0 aliphatic carbocycles. The molecule has 3 rings (SSSR count). The maximum absolute atomic E-state index is 13.9. The fourth-order valence-corrected chi connectivity index (χ4v) is 3.13. The van der Waals surface area contributed by atoms with E-state index in [1.165, 1.54) is 17.2 Å². The summed E-state index contributed by atoms with van der Waals surface area (Å²) in [6.07, 6.45) is 0. The summed E-state index contributed by atoms with van der Waals surface area (Å²) in [6, 6.07) is 16.4. The summed E-state index contributed by atoms with van der Waals surface area (Å²) >= 11 is 6.49. The van der Waals surface area contributed by atoms with Gasteiger partial charge in [-0.3, -0.25) is 0 Å². The highest BCUT2D eigenvalue weighted by Gasteiger charge is 2.13. The van der Waals surface area contributed by atoms with Crippen LogP contribution in [-0.2, 0) is 13.2 Å². The molecule has 0 heterocycles. The van der Waals surface area contributed by atoms with E-state index in [-0.39, 0.29) is 12.4 Å². The molecule has 0 saturated carbocycles.